The van der Waals surface area contributed by atoms with Gasteiger partial charge in [0.05, 0.1) is 6.17 Å². The molecule has 0 radical (unpaired) electrons. The molecule has 0 unspecified atom stereocenters. The highest BCUT2D eigenvalue weighted by Crippen LogP contribution is 2.34. The van der Waals surface area contributed by atoms with E-state index in [4.69, 9.17) is 0 Å². The zero-order valence-corrected chi connectivity index (χ0v) is 12.9. The van der Waals surface area contributed by atoms with E-state index in [0.29, 0.717) is 12.2 Å². The Labute approximate surface area is 127 Å². The molecule has 3 rings (SSSR count). The van der Waals surface area contributed by atoms with Crippen LogP contribution in [0.4, 0.5) is 0 Å². The molecule has 2 heterocycles. The fraction of sp³-hybridized carbons (Fsp3) is 0.500. The monoisotopic (exact) mass is 283 g/mol. The summed E-state index contributed by atoms with van der Waals surface area (Å²) in [6.45, 7) is 8.32. The summed E-state index contributed by atoms with van der Waals surface area (Å²) < 4.78 is 0. The molecular formula is C18H25N3. The van der Waals surface area contributed by atoms with Crippen LogP contribution in [0.15, 0.2) is 42.0 Å². The van der Waals surface area contributed by atoms with Crippen LogP contribution in [0.1, 0.15) is 43.4 Å². The first kappa shape index (κ1) is 14.3. The second kappa shape index (κ2) is 6.44. The average molecular weight is 283 g/mol. The molecule has 112 valence electrons. The molecule has 1 aromatic rings. The Bertz CT molecular complexity index is 506. The molecule has 0 amide bonds. The van der Waals surface area contributed by atoms with Crippen molar-refractivity contribution in [3.63, 3.8) is 0 Å². The topological polar surface area (TPSA) is 18.8 Å². The SMILES string of the molecule is C=CCc1ccc([C@@H]2CCCN2[C@H](C)N2CCC=N2)cc1. The van der Waals surface area contributed by atoms with Gasteiger partial charge in [-0.25, -0.2) is 0 Å². The van der Waals surface area contributed by atoms with Gasteiger partial charge in [0.1, 0.15) is 0 Å². The molecule has 0 spiro atoms. The minimum absolute atomic E-state index is 0.393. The van der Waals surface area contributed by atoms with Crippen LogP contribution in [-0.4, -0.2) is 35.4 Å². The van der Waals surface area contributed by atoms with Crippen molar-refractivity contribution in [3.05, 3.63) is 48.0 Å². The summed E-state index contributed by atoms with van der Waals surface area (Å²) >= 11 is 0. The maximum atomic E-state index is 4.50. The van der Waals surface area contributed by atoms with E-state index in [-0.39, 0.29) is 0 Å². The number of benzene rings is 1. The van der Waals surface area contributed by atoms with Crippen molar-refractivity contribution < 1.29 is 0 Å². The van der Waals surface area contributed by atoms with Crippen LogP contribution in [0.2, 0.25) is 0 Å². The lowest BCUT2D eigenvalue weighted by Crippen LogP contribution is -2.42. The second-order valence-corrected chi connectivity index (χ2v) is 6.01. The van der Waals surface area contributed by atoms with Gasteiger partial charge in [-0.2, -0.15) is 5.10 Å². The van der Waals surface area contributed by atoms with E-state index in [1.54, 1.807) is 0 Å². The number of hydrogen-bond donors (Lipinski definition) is 0. The lowest BCUT2D eigenvalue weighted by molar-refractivity contribution is 0.0551. The third-order valence-electron chi connectivity index (χ3n) is 4.67. The lowest BCUT2D eigenvalue weighted by atomic mass is 10.0. The molecule has 1 fully saturated rings. The molecule has 3 nitrogen and oxygen atoms in total. The fourth-order valence-corrected chi connectivity index (χ4v) is 3.50. The van der Waals surface area contributed by atoms with Gasteiger partial charge in [0.25, 0.3) is 0 Å². The smallest absolute Gasteiger partial charge is 0.0965 e. The van der Waals surface area contributed by atoms with Crippen LogP contribution in [0.25, 0.3) is 0 Å². The van der Waals surface area contributed by atoms with Gasteiger partial charge in [0.2, 0.25) is 0 Å². The Balaban J connectivity index is 1.73. The van der Waals surface area contributed by atoms with Crippen LogP contribution in [0.3, 0.4) is 0 Å². The maximum absolute atomic E-state index is 4.50. The third-order valence-corrected chi connectivity index (χ3v) is 4.67. The van der Waals surface area contributed by atoms with Crippen molar-refractivity contribution >= 4 is 6.21 Å². The predicted octanol–water partition coefficient (Wildman–Crippen LogP) is 3.59. The van der Waals surface area contributed by atoms with Crippen molar-refractivity contribution in [1.82, 2.24) is 9.91 Å². The molecule has 2 atom stereocenters. The van der Waals surface area contributed by atoms with Gasteiger partial charge in [0, 0.05) is 31.8 Å². The molecule has 0 aliphatic carbocycles. The van der Waals surface area contributed by atoms with Gasteiger partial charge in [-0.1, -0.05) is 30.3 Å². The molecule has 2 aliphatic heterocycles. The van der Waals surface area contributed by atoms with Crippen LogP contribution in [-0.2, 0) is 6.42 Å². The largest absolute Gasteiger partial charge is 0.280 e. The molecule has 1 saturated heterocycles. The number of likely N-dealkylation sites (tertiary alicyclic amines) is 1. The number of rotatable bonds is 5. The van der Waals surface area contributed by atoms with Gasteiger partial charge < -0.3 is 0 Å². The maximum Gasteiger partial charge on any atom is 0.0965 e. The molecule has 0 aromatic heterocycles. The Morgan fingerprint density at radius 2 is 2.14 bits per heavy atom. The molecule has 2 aliphatic rings. The van der Waals surface area contributed by atoms with Crippen LogP contribution < -0.4 is 0 Å². The Hall–Kier alpha value is -1.61. The summed E-state index contributed by atoms with van der Waals surface area (Å²) in [5.74, 6) is 0. The molecule has 0 saturated carbocycles. The summed E-state index contributed by atoms with van der Waals surface area (Å²) in [6.07, 6.45) is 8.95. The molecular weight excluding hydrogens is 258 g/mol. The summed E-state index contributed by atoms with van der Waals surface area (Å²) in [7, 11) is 0. The van der Waals surface area contributed by atoms with Gasteiger partial charge in [-0.15, -0.1) is 6.58 Å². The summed E-state index contributed by atoms with van der Waals surface area (Å²) in [4.78, 5) is 2.60. The minimum atomic E-state index is 0.393. The van der Waals surface area contributed by atoms with Crippen LogP contribution in [0, 0.1) is 0 Å². The van der Waals surface area contributed by atoms with E-state index in [0.717, 1.165) is 19.4 Å². The van der Waals surface area contributed by atoms with E-state index in [2.05, 4.69) is 52.8 Å². The van der Waals surface area contributed by atoms with Gasteiger partial charge in [-0.05, 0) is 37.3 Å². The number of hydrazone groups is 1. The average Bonchev–Trinajstić information content (AvgIpc) is 3.19. The first-order chi connectivity index (χ1) is 10.3. The van der Waals surface area contributed by atoms with E-state index in [1.165, 1.54) is 30.5 Å². The molecule has 1 aromatic carbocycles. The molecule has 0 N–H and O–H groups in total. The van der Waals surface area contributed by atoms with Crippen molar-refractivity contribution in [2.24, 2.45) is 5.10 Å². The highest BCUT2D eigenvalue weighted by atomic mass is 15.5. The van der Waals surface area contributed by atoms with E-state index in [9.17, 15) is 0 Å². The van der Waals surface area contributed by atoms with Crippen molar-refractivity contribution in [3.8, 4) is 0 Å². The zero-order valence-electron chi connectivity index (χ0n) is 12.9. The molecule has 3 heteroatoms. The number of nitrogens with zero attached hydrogens (tertiary/aromatic N) is 3. The lowest BCUT2D eigenvalue weighted by Gasteiger charge is -2.35. The fourth-order valence-electron chi connectivity index (χ4n) is 3.50. The first-order valence-corrected chi connectivity index (χ1v) is 8.04. The van der Waals surface area contributed by atoms with E-state index >= 15 is 0 Å². The van der Waals surface area contributed by atoms with Gasteiger partial charge in [-0.3, -0.25) is 9.91 Å². The Morgan fingerprint density at radius 3 is 2.81 bits per heavy atom. The summed E-state index contributed by atoms with van der Waals surface area (Å²) in [5, 5.41) is 6.73. The van der Waals surface area contributed by atoms with Crippen molar-refractivity contribution in [1.29, 1.82) is 0 Å². The highest BCUT2D eigenvalue weighted by molar-refractivity contribution is 5.58. The van der Waals surface area contributed by atoms with Crippen LogP contribution in [0.5, 0.6) is 0 Å². The Morgan fingerprint density at radius 1 is 1.33 bits per heavy atom. The number of hydrogen-bond acceptors (Lipinski definition) is 3. The van der Waals surface area contributed by atoms with Crippen LogP contribution >= 0.6 is 0 Å². The molecule has 0 bridgehead atoms. The van der Waals surface area contributed by atoms with Gasteiger partial charge >= 0.3 is 0 Å². The standard InChI is InChI=1S/C18H25N3/c1-3-6-16-8-10-17(11-9-16)18-7-4-13-20(18)15(2)21-14-5-12-19-21/h3,8-12,15,18H,1,4-7,13-14H2,2H3/t15-,18-/m0/s1. The normalized spacial score (nSPS) is 23.7. The van der Waals surface area contributed by atoms with E-state index in [1.807, 2.05) is 12.3 Å². The minimum Gasteiger partial charge on any atom is -0.280 e. The predicted molar refractivity (Wildman–Crippen MR) is 88.3 cm³/mol. The highest BCUT2D eigenvalue weighted by Gasteiger charge is 2.32. The zero-order chi connectivity index (χ0) is 14.7. The van der Waals surface area contributed by atoms with Crippen molar-refractivity contribution in [2.75, 3.05) is 13.1 Å². The van der Waals surface area contributed by atoms with E-state index < -0.39 is 0 Å². The summed E-state index contributed by atoms with van der Waals surface area (Å²) in [6, 6.07) is 9.61. The quantitative estimate of drug-likeness (QED) is 0.769. The number of allylic oxidation sites excluding steroid dienone is 1. The molecule has 21 heavy (non-hydrogen) atoms. The third kappa shape index (κ3) is 3.03. The second-order valence-electron chi connectivity index (χ2n) is 6.01. The summed E-state index contributed by atoms with van der Waals surface area (Å²) in [5.41, 5.74) is 2.78. The Kier molecular flexibility index (Phi) is 4.39. The van der Waals surface area contributed by atoms with Gasteiger partial charge in [0.15, 0.2) is 0 Å². The first-order valence-electron chi connectivity index (χ1n) is 8.04. The van der Waals surface area contributed by atoms with Crippen molar-refractivity contribution in [2.45, 2.75) is 44.8 Å².